The highest BCUT2D eigenvalue weighted by atomic mass is 35.5. The van der Waals surface area contributed by atoms with Crippen LogP contribution in [0.15, 0.2) is 12.2 Å². The number of hydrogen-bond acceptors (Lipinski definition) is 6. The molecular weight excluding hydrogens is 326 g/mol. The van der Waals surface area contributed by atoms with Crippen molar-refractivity contribution in [3.8, 4) is 0 Å². The first-order valence-corrected chi connectivity index (χ1v) is 8.82. The van der Waals surface area contributed by atoms with Gasteiger partial charge in [0.25, 0.3) is 0 Å². The molecule has 1 atom stereocenters. The second kappa shape index (κ2) is 10.4. The Morgan fingerprint density at radius 1 is 1.23 bits per heavy atom. The first kappa shape index (κ1) is 23.8. The SMILES string of the molecule is C=C(C)C(=O)OCCC(C[Si](OC)(OC)OC)C(C)(C)N.Cl. The van der Waals surface area contributed by atoms with Gasteiger partial charge in [-0.25, -0.2) is 4.79 Å². The molecule has 0 aliphatic heterocycles. The Hall–Kier alpha value is -0.443. The fourth-order valence-corrected chi connectivity index (χ4v) is 4.29. The Labute approximate surface area is 141 Å². The standard InChI is InChI=1S/C14H29NO5Si.ClH/c1-11(2)13(16)20-9-8-12(14(3,4)15)10-21(17-5,18-6)19-7;/h12H,1,8-10,15H2,2-7H3;1H. The predicted octanol–water partition coefficient (Wildman–Crippen LogP) is 2.15. The smallest absolute Gasteiger partial charge is 0.462 e. The molecule has 0 aromatic heterocycles. The quantitative estimate of drug-likeness (QED) is 0.367. The van der Waals surface area contributed by atoms with Crippen LogP contribution in [0.5, 0.6) is 0 Å². The van der Waals surface area contributed by atoms with E-state index < -0.39 is 20.3 Å². The van der Waals surface area contributed by atoms with E-state index in [1.807, 2.05) is 13.8 Å². The van der Waals surface area contributed by atoms with E-state index in [9.17, 15) is 4.79 Å². The molecule has 0 amide bonds. The summed E-state index contributed by atoms with van der Waals surface area (Å²) in [4.78, 5) is 11.4. The Morgan fingerprint density at radius 3 is 2.00 bits per heavy atom. The minimum absolute atomic E-state index is 0. The molecule has 0 rings (SSSR count). The fraction of sp³-hybridized carbons (Fsp3) is 0.786. The van der Waals surface area contributed by atoms with Gasteiger partial charge in [-0.05, 0) is 33.1 Å². The maximum Gasteiger partial charge on any atom is 0.500 e. The first-order valence-electron chi connectivity index (χ1n) is 6.88. The largest absolute Gasteiger partial charge is 0.500 e. The molecule has 2 N–H and O–H groups in total. The van der Waals surface area contributed by atoms with E-state index in [0.29, 0.717) is 18.0 Å². The zero-order chi connectivity index (χ0) is 16.7. The highest BCUT2D eigenvalue weighted by Crippen LogP contribution is 2.29. The number of esters is 1. The van der Waals surface area contributed by atoms with E-state index in [2.05, 4.69) is 6.58 Å². The van der Waals surface area contributed by atoms with Gasteiger partial charge >= 0.3 is 14.8 Å². The van der Waals surface area contributed by atoms with Crippen LogP contribution in [0.3, 0.4) is 0 Å². The predicted molar refractivity (Wildman–Crippen MR) is 91.0 cm³/mol. The molecule has 0 bridgehead atoms. The Bertz CT molecular complexity index is 347. The molecule has 0 radical (unpaired) electrons. The topological polar surface area (TPSA) is 80.0 Å². The maximum absolute atomic E-state index is 11.4. The number of hydrogen-bond donors (Lipinski definition) is 1. The van der Waals surface area contributed by atoms with Crippen LogP contribution in [0, 0.1) is 5.92 Å². The number of halogens is 1. The lowest BCUT2D eigenvalue weighted by Gasteiger charge is -2.35. The summed E-state index contributed by atoms with van der Waals surface area (Å²) in [5.74, 6) is -0.362. The van der Waals surface area contributed by atoms with Crippen LogP contribution in [0.1, 0.15) is 27.2 Å². The fourth-order valence-electron chi connectivity index (χ4n) is 1.96. The third kappa shape index (κ3) is 7.71. The molecule has 132 valence electrons. The average Bonchev–Trinajstić information content (AvgIpc) is 2.41. The van der Waals surface area contributed by atoms with Crippen molar-refractivity contribution in [2.45, 2.75) is 38.8 Å². The summed E-state index contributed by atoms with van der Waals surface area (Å²) in [5, 5.41) is 0. The monoisotopic (exact) mass is 355 g/mol. The van der Waals surface area contributed by atoms with E-state index in [1.54, 1.807) is 28.3 Å². The maximum atomic E-state index is 11.4. The lowest BCUT2D eigenvalue weighted by molar-refractivity contribution is -0.139. The number of rotatable bonds is 10. The first-order chi connectivity index (χ1) is 9.61. The van der Waals surface area contributed by atoms with Gasteiger partial charge in [0.05, 0.1) is 6.61 Å². The highest BCUT2D eigenvalue weighted by Gasteiger charge is 2.43. The molecule has 1 unspecified atom stereocenters. The third-order valence-electron chi connectivity index (χ3n) is 3.53. The van der Waals surface area contributed by atoms with Crippen molar-refractivity contribution < 1.29 is 22.8 Å². The summed E-state index contributed by atoms with van der Waals surface area (Å²) in [5.41, 5.74) is 6.14. The molecule has 0 saturated heterocycles. The van der Waals surface area contributed by atoms with Crippen LogP contribution in [0.4, 0.5) is 0 Å². The average molecular weight is 356 g/mol. The minimum Gasteiger partial charge on any atom is -0.462 e. The molecule has 0 aliphatic rings. The van der Waals surface area contributed by atoms with Crippen molar-refractivity contribution >= 4 is 27.2 Å². The Balaban J connectivity index is 0. The highest BCUT2D eigenvalue weighted by molar-refractivity contribution is 6.60. The zero-order valence-electron chi connectivity index (χ0n) is 14.4. The van der Waals surface area contributed by atoms with E-state index in [4.69, 9.17) is 23.7 Å². The number of carbonyl (C=O) groups excluding carboxylic acids is 1. The molecule has 0 aromatic rings. The van der Waals surface area contributed by atoms with Crippen molar-refractivity contribution in [2.75, 3.05) is 27.9 Å². The molecule has 6 nitrogen and oxygen atoms in total. The molecule has 0 aliphatic carbocycles. The number of ether oxygens (including phenoxy) is 1. The van der Waals surface area contributed by atoms with Crippen LogP contribution in [0.25, 0.3) is 0 Å². The summed E-state index contributed by atoms with van der Waals surface area (Å²) in [6.07, 6.45) is 0.605. The van der Waals surface area contributed by atoms with Crippen molar-refractivity contribution in [3.05, 3.63) is 12.2 Å². The molecule has 0 spiro atoms. The van der Waals surface area contributed by atoms with Crippen molar-refractivity contribution in [3.63, 3.8) is 0 Å². The normalized spacial score (nSPS) is 13.2. The summed E-state index contributed by atoms with van der Waals surface area (Å²) < 4.78 is 21.5. The molecular formula is C14H30ClNO5Si. The van der Waals surface area contributed by atoms with Gasteiger partial charge in [-0.1, -0.05) is 6.58 Å². The number of carbonyl (C=O) groups is 1. The summed E-state index contributed by atoms with van der Waals surface area (Å²) in [7, 11) is 1.98. The Morgan fingerprint density at radius 2 is 1.68 bits per heavy atom. The van der Waals surface area contributed by atoms with Gasteiger partial charge in [0.1, 0.15) is 0 Å². The van der Waals surface area contributed by atoms with Crippen LogP contribution in [-0.2, 0) is 22.8 Å². The zero-order valence-corrected chi connectivity index (χ0v) is 16.2. The van der Waals surface area contributed by atoms with Crippen LogP contribution < -0.4 is 5.73 Å². The second-order valence-corrected chi connectivity index (χ2v) is 8.72. The van der Waals surface area contributed by atoms with Gasteiger partial charge in [0.2, 0.25) is 0 Å². The van der Waals surface area contributed by atoms with E-state index in [-0.39, 0.29) is 24.9 Å². The van der Waals surface area contributed by atoms with Crippen LogP contribution >= 0.6 is 12.4 Å². The lowest BCUT2D eigenvalue weighted by atomic mass is 9.87. The van der Waals surface area contributed by atoms with E-state index in [1.165, 1.54) is 0 Å². The lowest BCUT2D eigenvalue weighted by Crippen LogP contribution is -2.51. The van der Waals surface area contributed by atoms with Crippen molar-refractivity contribution in [2.24, 2.45) is 11.7 Å². The molecule has 8 heteroatoms. The number of nitrogens with two attached hydrogens (primary N) is 1. The van der Waals surface area contributed by atoms with Crippen molar-refractivity contribution in [1.29, 1.82) is 0 Å². The summed E-state index contributed by atoms with van der Waals surface area (Å²) in [6, 6.07) is 0.560. The molecule has 0 fully saturated rings. The third-order valence-corrected chi connectivity index (χ3v) is 6.39. The van der Waals surface area contributed by atoms with Gasteiger partial charge in [-0.2, -0.15) is 0 Å². The van der Waals surface area contributed by atoms with Crippen LogP contribution in [0.2, 0.25) is 6.04 Å². The second-order valence-electron chi connectivity index (χ2n) is 5.72. The van der Waals surface area contributed by atoms with E-state index in [0.717, 1.165) is 0 Å². The van der Waals surface area contributed by atoms with E-state index >= 15 is 0 Å². The minimum atomic E-state index is -2.73. The Kier molecular flexibility index (Phi) is 11.2. The van der Waals surface area contributed by atoms with Crippen LogP contribution in [-0.4, -0.2) is 48.2 Å². The van der Waals surface area contributed by atoms with Gasteiger partial charge in [0, 0.05) is 38.5 Å². The summed E-state index contributed by atoms with van der Waals surface area (Å²) in [6.45, 7) is 9.30. The van der Waals surface area contributed by atoms with Crippen molar-refractivity contribution in [1.82, 2.24) is 0 Å². The molecule has 0 saturated carbocycles. The molecule has 0 heterocycles. The summed E-state index contributed by atoms with van der Waals surface area (Å²) >= 11 is 0. The molecule has 22 heavy (non-hydrogen) atoms. The van der Waals surface area contributed by atoms with Gasteiger partial charge in [-0.3, -0.25) is 0 Å². The molecule has 0 aromatic carbocycles. The van der Waals surface area contributed by atoms with Gasteiger partial charge < -0.3 is 23.7 Å². The van der Waals surface area contributed by atoms with Gasteiger partial charge in [-0.15, -0.1) is 12.4 Å². The van der Waals surface area contributed by atoms with Gasteiger partial charge in [0.15, 0.2) is 0 Å².